The molecule has 2 heterocycles. The van der Waals surface area contributed by atoms with Gasteiger partial charge in [-0.3, -0.25) is 19.2 Å². The first-order valence-corrected chi connectivity index (χ1v) is 16.6. The smallest absolute Gasteiger partial charge is 0.246 e. The number of nitrogens with one attached hydrogen (secondary N) is 3. The molecule has 8 N–H and O–H groups in total. The van der Waals surface area contributed by atoms with Gasteiger partial charge in [0, 0.05) is 35.6 Å². The lowest BCUT2D eigenvalue weighted by molar-refractivity contribution is -0.140. The lowest BCUT2D eigenvalue weighted by Crippen LogP contribution is -2.56. The summed E-state index contributed by atoms with van der Waals surface area (Å²) in [5, 5.41) is 18.1. The number of aromatic hydroxyl groups is 1. The van der Waals surface area contributed by atoms with Crippen LogP contribution in [0, 0.1) is 0 Å². The van der Waals surface area contributed by atoms with Crippen molar-refractivity contribution in [3.63, 3.8) is 0 Å². The van der Waals surface area contributed by atoms with Gasteiger partial charge in [0.15, 0.2) is 0 Å². The van der Waals surface area contributed by atoms with Gasteiger partial charge < -0.3 is 37.1 Å². The minimum atomic E-state index is -1.09. The number of phenols is 1. The molecule has 0 bridgehead atoms. The number of fused-ring (bicyclic) bond motifs is 2. The summed E-state index contributed by atoms with van der Waals surface area (Å²) in [4.78, 5) is 59.0. The Morgan fingerprint density at radius 2 is 1.60 bits per heavy atom. The number of likely N-dealkylation sites (tertiary alicyclic amines) is 1. The van der Waals surface area contributed by atoms with Crippen LogP contribution in [0.2, 0.25) is 0 Å². The predicted molar refractivity (Wildman–Crippen MR) is 192 cm³/mol. The van der Waals surface area contributed by atoms with E-state index in [1.54, 1.807) is 24.4 Å². The SMILES string of the molecule is C=C(C(N)=O)[C@@H](NC(=O)[C@H](Cc1c[nH]c2ccccc12)NC(=O)[C@@H]1CCCN1C(=O)[C@@H](N)Cc1ccc(O)cc1)c1cccc2ccccc12. The van der Waals surface area contributed by atoms with Gasteiger partial charge in [0.1, 0.15) is 17.8 Å². The zero-order chi connectivity index (χ0) is 35.4. The molecule has 1 aromatic heterocycles. The zero-order valence-corrected chi connectivity index (χ0v) is 27.5. The van der Waals surface area contributed by atoms with Crippen LogP contribution in [0.1, 0.15) is 35.6 Å². The van der Waals surface area contributed by atoms with Gasteiger partial charge >= 0.3 is 0 Å². The van der Waals surface area contributed by atoms with Gasteiger partial charge in [-0.25, -0.2) is 0 Å². The molecule has 0 aliphatic carbocycles. The molecular weight excluding hydrogens is 632 g/mol. The van der Waals surface area contributed by atoms with Crippen molar-refractivity contribution in [2.24, 2.45) is 11.5 Å². The number of aromatic nitrogens is 1. The molecule has 1 aliphatic heterocycles. The summed E-state index contributed by atoms with van der Waals surface area (Å²) < 4.78 is 0. The van der Waals surface area contributed by atoms with E-state index in [1.165, 1.54) is 17.0 Å². The number of hydrogen-bond donors (Lipinski definition) is 6. The number of primary amides is 1. The fourth-order valence-electron chi connectivity index (χ4n) is 6.73. The maximum Gasteiger partial charge on any atom is 0.246 e. The quantitative estimate of drug-likeness (QED) is 0.110. The molecule has 0 saturated carbocycles. The molecule has 11 heteroatoms. The number of aromatic amines is 1. The zero-order valence-electron chi connectivity index (χ0n) is 27.5. The van der Waals surface area contributed by atoms with Crippen molar-refractivity contribution in [3.8, 4) is 5.75 Å². The van der Waals surface area contributed by atoms with Crippen LogP contribution in [-0.4, -0.2) is 63.3 Å². The number of rotatable bonds is 12. The molecule has 11 nitrogen and oxygen atoms in total. The maximum absolute atomic E-state index is 14.3. The third-order valence-corrected chi connectivity index (χ3v) is 9.37. The van der Waals surface area contributed by atoms with Crippen molar-refractivity contribution in [1.29, 1.82) is 0 Å². The Morgan fingerprint density at radius 3 is 2.36 bits per heavy atom. The van der Waals surface area contributed by atoms with Crippen molar-refractivity contribution in [2.45, 2.75) is 49.9 Å². The summed E-state index contributed by atoms with van der Waals surface area (Å²) in [5.41, 5.74) is 15.1. The minimum absolute atomic E-state index is 0.0120. The van der Waals surface area contributed by atoms with Crippen LogP contribution in [0.15, 0.2) is 109 Å². The summed E-state index contributed by atoms with van der Waals surface area (Å²) in [7, 11) is 0. The second-order valence-corrected chi connectivity index (χ2v) is 12.7. The molecule has 0 unspecified atom stereocenters. The molecule has 0 radical (unpaired) electrons. The largest absolute Gasteiger partial charge is 0.508 e. The fraction of sp³-hybridized carbons (Fsp3) is 0.231. The van der Waals surface area contributed by atoms with Crippen molar-refractivity contribution in [2.75, 3.05) is 6.54 Å². The highest BCUT2D eigenvalue weighted by Gasteiger charge is 2.38. The first-order chi connectivity index (χ1) is 24.1. The number of H-pyrrole nitrogens is 1. The van der Waals surface area contributed by atoms with E-state index in [0.29, 0.717) is 24.9 Å². The number of phenolic OH excluding ortho intramolecular Hbond substituents is 1. The maximum atomic E-state index is 14.3. The van der Waals surface area contributed by atoms with Crippen LogP contribution < -0.4 is 22.1 Å². The fourth-order valence-corrected chi connectivity index (χ4v) is 6.73. The van der Waals surface area contributed by atoms with Gasteiger partial charge in [0.25, 0.3) is 0 Å². The molecular formula is C39H40N6O5. The summed E-state index contributed by atoms with van der Waals surface area (Å²) in [5.74, 6) is -2.07. The van der Waals surface area contributed by atoms with E-state index < -0.39 is 41.9 Å². The van der Waals surface area contributed by atoms with Gasteiger partial charge in [-0.2, -0.15) is 0 Å². The Labute approximate surface area is 289 Å². The Morgan fingerprint density at radius 1 is 0.900 bits per heavy atom. The monoisotopic (exact) mass is 672 g/mol. The Bertz CT molecular complexity index is 2070. The van der Waals surface area contributed by atoms with Crippen LogP contribution in [0.3, 0.4) is 0 Å². The number of para-hydroxylation sites is 1. The molecule has 1 fully saturated rings. The van der Waals surface area contributed by atoms with E-state index in [4.69, 9.17) is 11.5 Å². The third-order valence-electron chi connectivity index (χ3n) is 9.37. The van der Waals surface area contributed by atoms with Crippen LogP contribution in [0.5, 0.6) is 5.75 Å². The molecule has 4 amide bonds. The van der Waals surface area contributed by atoms with E-state index in [0.717, 1.165) is 32.8 Å². The Hall–Kier alpha value is -5.94. The summed E-state index contributed by atoms with van der Waals surface area (Å²) in [6, 6.07) is 23.4. The Balaban J connectivity index is 1.27. The molecule has 256 valence electrons. The first kappa shape index (κ1) is 33.9. The van der Waals surface area contributed by atoms with Gasteiger partial charge in [-0.05, 0) is 64.9 Å². The average Bonchev–Trinajstić information content (AvgIpc) is 3.78. The average molecular weight is 673 g/mol. The molecule has 5 aromatic rings. The van der Waals surface area contributed by atoms with E-state index >= 15 is 0 Å². The van der Waals surface area contributed by atoms with Crippen LogP contribution in [-0.2, 0) is 32.0 Å². The molecule has 4 aromatic carbocycles. The van der Waals surface area contributed by atoms with Crippen LogP contribution >= 0.6 is 0 Å². The minimum Gasteiger partial charge on any atom is -0.508 e. The topological polar surface area (TPSA) is 184 Å². The number of amides is 4. The second kappa shape index (κ2) is 14.7. The van der Waals surface area contributed by atoms with Crippen molar-refractivity contribution in [1.82, 2.24) is 20.5 Å². The van der Waals surface area contributed by atoms with Gasteiger partial charge in [0.05, 0.1) is 12.1 Å². The second-order valence-electron chi connectivity index (χ2n) is 12.7. The van der Waals surface area contributed by atoms with Crippen molar-refractivity contribution >= 4 is 45.3 Å². The van der Waals surface area contributed by atoms with Crippen molar-refractivity contribution < 1.29 is 24.3 Å². The number of benzene rings is 4. The normalized spacial score (nSPS) is 16.1. The molecule has 0 spiro atoms. The van der Waals surface area contributed by atoms with E-state index in [-0.39, 0.29) is 30.1 Å². The number of nitrogens with zero attached hydrogens (tertiary/aromatic N) is 1. The number of hydrogen-bond acceptors (Lipinski definition) is 6. The highest BCUT2D eigenvalue weighted by Crippen LogP contribution is 2.29. The number of carbonyl (C=O) groups is 4. The van der Waals surface area contributed by atoms with Gasteiger partial charge in [0.2, 0.25) is 23.6 Å². The van der Waals surface area contributed by atoms with Gasteiger partial charge in [-0.1, -0.05) is 79.4 Å². The number of carbonyl (C=O) groups excluding carboxylic acids is 4. The molecule has 50 heavy (non-hydrogen) atoms. The standard InChI is InChI=1S/C39H40N6O5/c1-23(36(41)47)35(30-12-6-9-25-8-2-3-10-28(25)30)44-37(48)33(21-26-22-42-32-13-5-4-11-29(26)32)43-38(49)34-14-7-19-45(34)39(50)31(40)20-24-15-17-27(46)18-16-24/h2-6,8-13,15-18,22,31,33-35,42,46H,1,7,14,19-21,40H2,(H2,41,47)(H,43,49)(H,44,48)/t31-,33-,34-,35+/m0/s1. The highest BCUT2D eigenvalue weighted by molar-refractivity contribution is 5.98. The van der Waals surface area contributed by atoms with E-state index in [2.05, 4.69) is 22.2 Å². The summed E-state index contributed by atoms with van der Waals surface area (Å²) >= 11 is 0. The van der Waals surface area contributed by atoms with E-state index in [1.807, 2.05) is 60.7 Å². The lowest BCUT2D eigenvalue weighted by atomic mass is 9.93. The number of nitrogens with two attached hydrogens (primary N) is 2. The lowest BCUT2D eigenvalue weighted by Gasteiger charge is -2.29. The first-order valence-electron chi connectivity index (χ1n) is 16.6. The van der Waals surface area contributed by atoms with Crippen LogP contribution in [0.4, 0.5) is 0 Å². The van der Waals surface area contributed by atoms with E-state index in [9.17, 15) is 24.3 Å². The molecule has 1 aliphatic rings. The highest BCUT2D eigenvalue weighted by atomic mass is 16.3. The van der Waals surface area contributed by atoms with Crippen LogP contribution in [0.25, 0.3) is 21.7 Å². The third kappa shape index (κ3) is 7.23. The van der Waals surface area contributed by atoms with Crippen molar-refractivity contribution in [3.05, 3.63) is 126 Å². The molecule has 6 rings (SSSR count). The van der Waals surface area contributed by atoms with Gasteiger partial charge in [-0.15, -0.1) is 0 Å². The molecule has 4 atom stereocenters. The summed E-state index contributed by atoms with van der Waals surface area (Å²) in [6.07, 6.45) is 3.15. The molecule has 1 saturated heterocycles. The summed E-state index contributed by atoms with van der Waals surface area (Å²) in [6.45, 7) is 4.27. The Kier molecular flexibility index (Phi) is 9.96. The predicted octanol–water partition coefficient (Wildman–Crippen LogP) is 3.51.